The Labute approximate surface area is 76.0 Å². The van der Waals surface area contributed by atoms with Gasteiger partial charge in [-0.25, -0.2) is 0 Å². The molecule has 1 aromatic heterocycles. The summed E-state index contributed by atoms with van der Waals surface area (Å²) >= 11 is 0. The van der Waals surface area contributed by atoms with E-state index in [0.29, 0.717) is 13.1 Å². The Morgan fingerprint density at radius 3 is 2.54 bits per heavy atom. The standard InChI is InChI=1S/C8H12N4O/c1-3-5-11(6-4-2)12-7-8(9)13-10-12/h3-4,7,9H,1-2,5-6H2. The Balaban J connectivity index is 2.80. The number of nitrogens with one attached hydrogen (secondary N) is 1. The molecule has 0 amide bonds. The SMILES string of the molecule is C=CCN(CC=C)[n+]1cc(=N)o[n-]1. The first-order valence-corrected chi connectivity index (χ1v) is 3.85. The first-order chi connectivity index (χ1) is 6.27. The molecule has 0 bridgehead atoms. The molecule has 5 nitrogen and oxygen atoms in total. The molecule has 0 aliphatic rings. The second-order valence-electron chi connectivity index (χ2n) is 2.44. The van der Waals surface area contributed by atoms with E-state index in [1.54, 1.807) is 12.2 Å². The predicted molar refractivity (Wildman–Crippen MR) is 46.4 cm³/mol. The third kappa shape index (κ3) is 2.33. The molecule has 1 N–H and O–H groups in total. The summed E-state index contributed by atoms with van der Waals surface area (Å²) in [7, 11) is 0. The summed E-state index contributed by atoms with van der Waals surface area (Å²) in [6.07, 6.45) is 4.97. The van der Waals surface area contributed by atoms with Crippen molar-refractivity contribution in [2.45, 2.75) is 0 Å². The fourth-order valence-electron chi connectivity index (χ4n) is 0.911. The average molecular weight is 180 g/mol. The van der Waals surface area contributed by atoms with Crippen LogP contribution in [0.25, 0.3) is 0 Å². The van der Waals surface area contributed by atoms with Crippen molar-refractivity contribution < 1.29 is 9.31 Å². The lowest BCUT2D eigenvalue weighted by Crippen LogP contribution is -2.60. The Morgan fingerprint density at radius 1 is 1.54 bits per heavy atom. The smallest absolute Gasteiger partial charge is 0.286 e. The predicted octanol–water partition coefficient (Wildman–Crippen LogP) is -0.686. The van der Waals surface area contributed by atoms with Gasteiger partial charge >= 0.3 is 0 Å². The summed E-state index contributed by atoms with van der Waals surface area (Å²) in [6, 6.07) is 0. The van der Waals surface area contributed by atoms with Crippen molar-refractivity contribution in [2.24, 2.45) is 0 Å². The first-order valence-electron chi connectivity index (χ1n) is 3.85. The van der Waals surface area contributed by atoms with Crippen LogP contribution < -0.4 is 20.6 Å². The van der Waals surface area contributed by atoms with Crippen molar-refractivity contribution in [1.29, 1.82) is 5.41 Å². The molecule has 0 saturated carbocycles. The normalized spacial score (nSPS) is 9.54. The third-order valence-corrected chi connectivity index (χ3v) is 1.43. The van der Waals surface area contributed by atoms with Crippen molar-refractivity contribution in [1.82, 2.24) is 5.27 Å². The number of hydrogen-bond acceptors (Lipinski definition) is 3. The Kier molecular flexibility index (Phi) is 3.08. The van der Waals surface area contributed by atoms with Gasteiger partial charge in [-0.3, -0.25) is 10.4 Å². The average Bonchev–Trinajstić information content (AvgIpc) is 2.51. The van der Waals surface area contributed by atoms with Crippen LogP contribution in [0.1, 0.15) is 0 Å². The highest BCUT2D eigenvalue weighted by molar-refractivity contribution is 4.88. The maximum atomic E-state index is 7.15. The molecule has 1 aromatic rings. The summed E-state index contributed by atoms with van der Waals surface area (Å²) < 4.78 is 4.61. The van der Waals surface area contributed by atoms with E-state index in [2.05, 4.69) is 23.0 Å². The lowest BCUT2D eigenvalue weighted by molar-refractivity contribution is -0.762. The molecule has 0 spiro atoms. The molecule has 0 unspecified atom stereocenters. The van der Waals surface area contributed by atoms with Crippen LogP contribution in [0.3, 0.4) is 0 Å². The van der Waals surface area contributed by atoms with Gasteiger partial charge in [0.05, 0.1) is 0 Å². The summed E-state index contributed by atoms with van der Waals surface area (Å²) in [5.41, 5.74) is 0.0260. The zero-order valence-corrected chi connectivity index (χ0v) is 7.31. The summed E-state index contributed by atoms with van der Waals surface area (Å²) in [5, 5.41) is 12.6. The van der Waals surface area contributed by atoms with Crippen molar-refractivity contribution in [3.63, 3.8) is 0 Å². The maximum Gasteiger partial charge on any atom is 0.286 e. The molecule has 1 rings (SSSR count). The number of aromatic nitrogens is 2. The molecule has 1 heterocycles. The van der Waals surface area contributed by atoms with Gasteiger partial charge in [0.1, 0.15) is 0 Å². The quantitative estimate of drug-likeness (QED) is 0.482. The Morgan fingerprint density at radius 2 is 2.15 bits per heavy atom. The van der Waals surface area contributed by atoms with Crippen LogP contribution in [0, 0.1) is 5.41 Å². The molecule has 0 fully saturated rings. The van der Waals surface area contributed by atoms with E-state index < -0.39 is 0 Å². The Bertz CT molecular complexity index is 328. The van der Waals surface area contributed by atoms with Gasteiger partial charge in [0.25, 0.3) is 11.8 Å². The van der Waals surface area contributed by atoms with Crippen molar-refractivity contribution >= 4 is 0 Å². The van der Waals surface area contributed by atoms with Crippen LogP contribution in [0.5, 0.6) is 0 Å². The minimum Gasteiger partial charge on any atom is -0.380 e. The fraction of sp³-hybridized carbons (Fsp3) is 0.250. The van der Waals surface area contributed by atoms with Gasteiger partial charge in [-0.15, -0.1) is 13.2 Å². The van der Waals surface area contributed by atoms with E-state index in [4.69, 9.17) is 5.41 Å². The van der Waals surface area contributed by atoms with Gasteiger partial charge in [-0.2, -0.15) is 0 Å². The van der Waals surface area contributed by atoms with Crippen LogP contribution in [0.4, 0.5) is 0 Å². The topological polar surface area (TPSA) is 58.2 Å². The van der Waals surface area contributed by atoms with Gasteiger partial charge in [0.15, 0.2) is 0 Å². The lowest BCUT2D eigenvalue weighted by Gasteiger charge is -2.17. The maximum absolute atomic E-state index is 7.15. The monoisotopic (exact) mass is 180 g/mol. The van der Waals surface area contributed by atoms with E-state index in [0.717, 1.165) is 0 Å². The van der Waals surface area contributed by atoms with Gasteiger partial charge < -0.3 is 4.52 Å². The molecule has 0 radical (unpaired) electrons. The zero-order chi connectivity index (χ0) is 9.68. The minimum atomic E-state index is 0.0260. The second-order valence-corrected chi connectivity index (χ2v) is 2.44. The van der Waals surface area contributed by atoms with Crippen LogP contribution in [0.2, 0.25) is 0 Å². The molecular weight excluding hydrogens is 168 g/mol. The molecule has 13 heavy (non-hydrogen) atoms. The van der Waals surface area contributed by atoms with Crippen LogP contribution in [-0.4, -0.2) is 13.1 Å². The second kappa shape index (κ2) is 4.30. The van der Waals surface area contributed by atoms with Crippen molar-refractivity contribution in [2.75, 3.05) is 18.1 Å². The highest BCUT2D eigenvalue weighted by Gasteiger charge is 2.04. The largest absolute Gasteiger partial charge is 0.380 e. The highest BCUT2D eigenvalue weighted by Crippen LogP contribution is 1.77. The number of hydrogen-bond donors (Lipinski definition) is 1. The van der Waals surface area contributed by atoms with E-state index in [1.165, 1.54) is 11.0 Å². The molecule has 0 aliphatic heterocycles. The van der Waals surface area contributed by atoms with Gasteiger partial charge in [-0.1, -0.05) is 16.9 Å². The van der Waals surface area contributed by atoms with E-state index in [-0.39, 0.29) is 5.55 Å². The fourth-order valence-corrected chi connectivity index (χ4v) is 0.911. The molecule has 0 atom stereocenters. The summed E-state index contributed by atoms with van der Waals surface area (Å²) in [4.78, 5) is 1.46. The molecule has 0 aromatic carbocycles. The highest BCUT2D eigenvalue weighted by atomic mass is 16.5. The number of rotatable bonds is 5. The zero-order valence-electron chi connectivity index (χ0n) is 7.31. The van der Waals surface area contributed by atoms with Crippen molar-refractivity contribution in [3.05, 3.63) is 37.1 Å². The van der Waals surface area contributed by atoms with Gasteiger partial charge in [-0.05, 0) is 5.27 Å². The summed E-state index contributed by atoms with van der Waals surface area (Å²) in [5.74, 6) is 0. The first kappa shape index (κ1) is 9.31. The van der Waals surface area contributed by atoms with E-state index in [9.17, 15) is 0 Å². The molecule has 0 aliphatic carbocycles. The minimum absolute atomic E-state index is 0.0260. The summed E-state index contributed by atoms with van der Waals surface area (Å²) in [6.45, 7) is 8.50. The number of nitrogens with zero attached hydrogens (tertiary/aromatic N) is 3. The lowest BCUT2D eigenvalue weighted by atomic mass is 10.5. The molecule has 0 saturated heterocycles. The Hall–Kier alpha value is -1.78. The van der Waals surface area contributed by atoms with Crippen LogP contribution >= 0.6 is 0 Å². The molecular formula is C8H12N4O. The molecule has 70 valence electrons. The van der Waals surface area contributed by atoms with E-state index >= 15 is 0 Å². The van der Waals surface area contributed by atoms with Gasteiger partial charge in [0, 0.05) is 13.1 Å². The van der Waals surface area contributed by atoms with Crippen molar-refractivity contribution in [3.8, 4) is 0 Å². The third-order valence-electron chi connectivity index (χ3n) is 1.43. The molecule has 5 heteroatoms. The van der Waals surface area contributed by atoms with Crippen LogP contribution in [0.15, 0.2) is 36.0 Å². The van der Waals surface area contributed by atoms with Gasteiger partial charge in [0.2, 0.25) is 0 Å². The van der Waals surface area contributed by atoms with Crippen LogP contribution in [-0.2, 0) is 0 Å². The van der Waals surface area contributed by atoms with E-state index in [1.807, 2.05) is 5.01 Å².